The highest BCUT2D eigenvalue weighted by atomic mass is 16.5. The monoisotopic (exact) mass is 358 g/mol. The van der Waals surface area contributed by atoms with Gasteiger partial charge in [-0.15, -0.1) is 0 Å². The Morgan fingerprint density at radius 2 is 1.96 bits per heavy atom. The summed E-state index contributed by atoms with van der Waals surface area (Å²) in [5, 5.41) is 7.27. The zero-order valence-corrected chi connectivity index (χ0v) is 16.3. The van der Waals surface area contributed by atoms with Crippen LogP contribution in [0.1, 0.15) is 54.4 Å². The number of nitrogens with zero attached hydrogens (tertiary/aromatic N) is 3. The predicted octanol–water partition coefficient (Wildman–Crippen LogP) is 3.15. The van der Waals surface area contributed by atoms with Gasteiger partial charge < -0.3 is 14.6 Å². The van der Waals surface area contributed by atoms with Crippen LogP contribution in [0.25, 0.3) is 5.82 Å². The summed E-state index contributed by atoms with van der Waals surface area (Å²) in [4.78, 5) is 12.7. The SMILES string of the molecule is Cc1ccc(C)n1-c1c(C(=O)NCCO[C@@H]2CCCC[C@H]2C)cnn1C. The molecule has 0 spiro atoms. The number of aryl methyl sites for hydroxylation is 3. The number of hydrogen-bond donors (Lipinski definition) is 1. The minimum absolute atomic E-state index is 0.110. The van der Waals surface area contributed by atoms with Crippen molar-refractivity contribution >= 4 is 5.91 Å². The summed E-state index contributed by atoms with van der Waals surface area (Å²) in [5.41, 5.74) is 2.74. The predicted molar refractivity (Wildman–Crippen MR) is 102 cm³/mol. The molecule has 0 unspecified atom stereocenters. The Balaban J connectivity index is 1.61. The standard InChI is InChI=1S/C20H30N4O2/c1-14-7-5-6-8-18(14)26-12-11-21-19(25)17-13-22-23(4)20(17)24-15(2)9-10-16(24)3/h9-10,13-14,18H,5-8,11-12H2,1-4H3,(H,21,25)/t14-,18-/m1/s1. The quantitative estimate of drug-likeness (QED) is 0.807. The Kier molecular flexibility index (Phi) is 5.81. The van der Waals surface area contributed by atoms with Gasteiger partial charge in [-0.1, -0.05) is 19.8 Å². The Morgan fingerprint density at radius 1 is 1.27 bits per heavy atom. The first-order valence-corrected chi connectivity index (χ1v) is 9.56. The normalized spacial score (nSPS) is 20.3. The second-order valence-electron chi connectivity index (χ2n) is 7.38. The first kappa shape index (κ1) is 18.7. The molecule has 26 heavy (non-hydrogen) atoms. The van der Waals surface area contributed by atoms with E-state index in [1.165, 1.54) is 19.3 Å². The van der Waals surface area contributed by atoms with E-state index in [9.17, 15) is 4.79 Å². The van der Waals surface area contributed by atoms with Crippen molar-refractivity contribution in [2.75, 3.05) is 13.2 Å². The molecule has 6 heteroatoms. The molecule has 2 aromatic heterocycles. The van der Waals surface area contributed by atoms with Gasteiger partial charge in [0.2, 0.25) is 0 Å². The summed E-state index contributed by atoms with van der Waals surface area (Å²) in [6, 6.07) is 4.09. The third-order valence-electron chi connectivity index (χ3n) is 5.39. The fourth-order valence-electron chi connectivity index (χ4n) is 3.86. The topological polar surface area (TPSA) is 61.1 Å². The largest absolute Gasteiger partial charge is 0.376 e. The van der Waals surface area contributed by atoms with Gasteiger partial charge in [0.05, 0.1) is 18.9 Å². The van der Waals surface area contributed by atoms with Crippen LogP contribution in [0.3, 0.4) is 0 Å². The molecule has 0 saturated heterocycles. The van der Waals surface area contributed by atoms with Gasteiger partial charge in [-0.2, -0.15) is 5.10 Å². The van der Waals surface area contributed by atoms with Crippen LogP contribution in [0, 0.1) is 19.8 Å². The third kappa shape index (κ3) is 3.85. The third-order valence-corrected chi connectivity index (χ3v) is 5.39. The Hall–Kier alpha value is -2.08. The lowest BCUT2D eigenvalue weighted by molar-refractivity contribution is -0.00293. The molecule has 1 saturated carbocycles. The summed E-state index contributed by atoms with van der Waals surface area (Å²) in [6.45, 7) is 7.38. The molecule has 142 valence electrons. The molecule has 0 bridgehead atoms. The maximum atomic E-state index is 12.7. The average Bonchev–Trinajstić information content (AvgIpc) is 3.15. The fourth-order valence-corrected chi connectivity index (χ4v) is 3.86. The van der Waals surface area contributed by atoms with Crippen LogP contribution in [0.5, 0.6) is 0 Å². The number of nitrogens with one attached hydrogen (secondary N) is 1. The van der Waals surface area contributed by atoms with E-state index in [2.05, 4.69) is 21.9 Å². The number of carbonyl (C=O) groups is 1. The molecule has 1 N–H and O–H groups in total. The average molecular weight is 358 g/mol. The van der Waals surface area contributed by atoms with Gasteiger partial charge >= 0.3 is 0 Å². The van der Waals surface area contributed by atoms with Crippen LogP contribution in [-0.4, -0.2) is 39.5 Å². The van der Waals surface area contributed by atoms with E-state index < -0.39 is 0 Å². The van der Waals surface area contributed by atoms with Gasteiger partial charge in [-0.25, -0.2) is 0 Å². The highest BCUT2D eigenvalue weighted by molar-refractivity contribution is 5.97. The summed E-state index contributed by atoms with van der Waals surface area (Å²) >= 11 is 0. The number of ether oxygens (including phenoxy) is 1. The first-order valence-electron chi connectivity index (χ1n) is 9.56. The Bertz CT molecular complexity index is 742. The van der Waals surface area contributed by atoms with Crippen LogP contribution in [0.2, 0.25) is 0 Å². The number of hydrogen-bond acceptors (Lipinski definition) is 3. The molecule has 0 aromatic carbocycles. The minimum atomic E-state index is -0.110. The lowest BCUT2D eigenvalue weighted by Gasteiger charge is -2.28. The molecule has 2 heterocycles. The van der Waals surface area contributed by atoms with E-state index in [0.29, 0.717) is 30.7 Å². The lowest BCUT2D eigenvalue weighted by Crippen LogP contribution is -2.32. The van der Waals surface area contributed by atoms with E-state index in [1.54, 1.807) is 10.9 Å². The highest BCUT2D eigenvalue weighted by Crippen LogP contribution is 2.26. The molecular formula is C20H30N4O2. The summed E-state index contributed by atoms with van der Waals surface area (Å²) < 4.78 is 9.79. The Labute approximate surface area is 155 Å². The van der Waals surface area contributed by atoms with Crippen molar-refractivity contribution < 1.29 is 9.53 Å². The van der Waals surface area contributed by atoms with Gasteiger partial charge in [-0.3, -0.25) is 9.48 Å². The molecule has 1 aliphatic carbocycles. The highest BCUT2D eigenvalue weighted by Gasteiger charge is 2.22. The van der Waals surface area contributed by atoms with Gasteiger partial charge in [0, 0.05) is 25.0 Å². The molecule has 1 fully saturated rings. The van der Waals surface area contributed by atoms with Crippen LogP contribution >= 0.6 is 0 Å². The molecule has 0 aliphatic heterocycles. The van der Waals surface area contributed by atoms with Crippen LogP contribution in [-0.2, 0) is 11.8 Å². The van der Waals surface area contributed by atoms with Crippen LogP contribution < -0.4 is 5.32 Å². The van der Waals surface area contributed by atoms with Crippen molar-refractivity contribution in [3.05, 3.63) is 35.3 Å². The van der Waals surface area contributed by atoms with Crippen molar-refractivity contribution in [3.63, 3.8) is 0 Å². The summed E-state index contributed by atoms with van der Waals surface area (Å²) in [7, 11) is 1.86. The molecule has 2 aromatic rings. The van der Waals surface area contributed by atoms with E-state index >= 15 is 0 Å². The van der Waals surface area contributed by atoms with E-state index in [-0.39, 0.29) is 5.91 Å². The second kappa shape index (κ2) is 8.08. The van der Waals surface area contributed by atoms with Crippen molar-refractivity contribution in [2.24, 2.45) is 13.0 Å². The van der Waals surface area contributed by atoms with Crippen molar-refractivity contribution in [1.29, 1.82) is 0 Å². The van der Waals surface area contributed by atoms with Gasteiger partial charge in [0.25, 0.3) is 5.91 Å². The van der Waals surface area contributed by atoms with Crippen molar-refractivity contribution in [3.8, 4) is 5.82 Å². The first-order chi connectivity index (χ1) is 12.5. The molecule has 1 amide bonds. The fraction of sp³-hybridized carbons (Fsp3) is 0.600. The lowest BCUT2D eigenvalue weighted by atomic mass is 9.88. The molecule has 2 atom stereocenters. The van der Waals surface area contributed by atoms with Gasteiger partial charge in [0.15, 0.2) is 0 Å². The number of amides is 1. The molecule has 6 nitrogen and oxygen atoms in total. The number of aromatic nitrogens is 3. The molecule has 0 radical (unpaired) electrons. The smallest absolute Gasteiger partial charge is 0.256 e. The molecular weight excluding hydrogens is 328 g/mol. The van der Waals surface area contributed by atoms with Gasteiger partial charge in [0.1, 0.15) is 11.4 Å². The molecule has 1 aliphatic rings. The summed E-state index contributed by atoms with van der Waals surface area (Å²) in [6.07, 6.45) is 6.89. The van der Waals surface area contributed by atoms with E-state index in [4.69, 9.17) is 4.74 Å². The summed E-state index contributed by atoms with van der Waals surface area (Å²) in [5.74, 6) is 1.30. The van der Waals surface area contributed by atoms with Crippen LogP contribution in [0.15, 0.2) is 18.3 Å². The number of carbonyl (C=O) groups excluding carboxylic acids is 1. The van der Waals surface area contributed by atoms with E-state index in [0.717, 1.165) is 23.6 Å². The van der Waals surface area contributed by atoms with Crippen LogP contribution in [0.4, 0.5) is 0 Å². The zero-order chi connectivity index (χ0) is 18.7. The van der Waals surface area contributed by atoms with E-state index in [1.807, 2.05) is 33.0 Å². The maximum absolute atomic E-state index is 12.7. The molecule has 3 rings (SSSR count). The maximum Gasteiger partial charge on any atom is 0.256 e. The van der Waals surface area contributed by atoms with Crippen molar-refractivity contribution in [1.82, 2.24) is 19.7 Å². The Morgan fingerprint density at radius 3 is 2.65 bits per heavy atom. The second-order valence-corrected chi connectivity index (χ2v) is 7.38. The van der Waals surface area contributed by atoms with Crippen molar-refractivity contribution in [2.45, 2.75) is 52.6 Å². The van der Waals surface area contributed by atoms with Gasteiger partial charge in [-0.05, 0) is 44.7 Å². The minimum Gasteiger partial charge on any atom is -0.376 e. The number of rotatable bonds is 6. The zero-order valence-electron chi connectivity index (χ0n) is 16.3.